The molecule has 0 spiro atoms. The molecule has 0 aliphatic carbocycles. The fourth-order valence-electron chi connectivity index (χ4n) is 5.78. The van der Waals surface area contributed by atoms with Crippen LogP contribution in [0.25, 0.3) is 0 Å². The Morgan fingerprint density at radius 2 is 1.40 bits per heavy atom. The summed E-state index contributed by atoms with van der Waals surface area (Å²) in [6.45, 7) is 1.50. The van der Waals surface area contributed by atoms with E-state index < -0.39 is 0 Å². The first-order valence-corrected chi connectivity index (χ1v) is 13.3. The average Bonchev–Trinajstić information content (AvgIpc) is 3.23. The Hall–Kier alpha value is -4.82. The van der Waals surface area contributed by atoms with Crippen LogP contribution in [-0.2, 0) is 0 Å². The summed E-state index contributed by atoms with van der Waals surface area (Å²) in [5.41, 5.74) is 9.75. The summed E-state index contributed by atoms with van der Waals surface area (Å²) < 4.78 is 0. The largest absolute Gasteiger partial charge is 0.397 e. The highest BCUT2D eigenvalue weighted by Crippen LogP contribution is 2.33. The third-order valence-electron chi connectivity index (χ3n) is 7.66. The number of nitrogens with zero attached hydrogens (tertiary/aromatic N) is 4. The van der Waals surface area contributed by atoms with Crippen LogP contribution in [0.5, 0.6) is 0 Å². The lowest BCUT2D eigenvalue weighted by Crippen LogP contribution is -2.59. The van der Waals surface area contributed by atoms with E-state index in [0.717, 1.165) is 11.1 Å². The van der Waals surface area contributed by atoms with Gasteiger partial charge in [-0.05, 0) is 29.3 Å². The molecule has 3 aromatic carbocycles. The van der Waals surface area contributed by atoms with Crippen molar-refractivity contribution in [3.8, 4) is 0 Å². The number of piperazine rings is 1. The van der Waals surface area contributed by atoms with Crippen LogP contribution in [0.4, 0.5) is 5.69 Å². The molecule has 3 heterocycles. The number of rotatable bonds is 6. The molecule has 1 fully saturated rings. The monoisotopic (exact) mass is 531 g/mol. The molecule has 2 aliphatic rings. The van der Waals surface area contributed by atoms with Gasteiger partial charge in [0.25, 0.3) is 17.7 Å². The van der Waals surface area contributed by atoms with Gasteiger partial charge in [-0.2, -0.15) is 0 Å². The molecule has 6 rings (SSSR count). The number of nitrogen functional groups attached to an aromatic ring is 1. The number of imide groups is 1. The first-order chi connectivity index (χ1) is 19.5. The van der Waals surface area contributed by atoms with Crippen LogP contribution in [0.2, 0.25) is 0 Å². The summed E-state index contributed by atoms with van der Waals surface area (Å²) in [5.74, 6) is -0.789. The molecule has 8 nitrogen and oxygen atoms in total. The van der Waals surface area contributed by atoms with E-state index >= 15 is 0 Å². The average molecular weight is 532 g/mol. The third-order valence-corrected chi connectivity index (χ3v) is 7.66. The molecule has 8 heteroatoms. The summed E-state index contributed by atoms with van der Waals surface area (Å²) in [6.07, 6.45) is 3.02. The van der Waals surface area contributed by atoms with Gasteiger partial charge in [0, 0.05) is 44.6 Å². The highest BCUT2D eigenvalue weighted by atomic mass is 16.2. The van der Waals surface area contributed by atoms with Crippen molar-refractivity contribution in [2.75, 3.05) is 31.9 Å². The van der Waals surface area contributed by atoms with Gasteiger partial charge in [0.15, 0.2) is 0 Å². The quantitative estimate of drug-likeness (QED) is 0.379. The number of fused-ring (bicyclic) bond motifs is 1. The van der Waals surface area contributed by atoms with E-state index in [9.17, 15) is 14.4 Å². The summed E-state index contributed by atoms with van der Waals surface area (Å²) in [6, 6.07) is 28.5. The van der Waals surface area contributed by atoms with Crippen LogP contribution >= 0.6 is 0 Å². The van der Waals surface area contributed by atoms with E-state index in [4.69, 9.17) is 5.73 Å². The molecule has 1 saturated heterocycles. The van der Waals surface area contributed by atoms with Crippen LogP contribution in [0.3, 0.4) is 0 Å². The third kappa shape index (κ3) is 4.74. The Balaban J connectivity index is 1.37. The van der Waals surface area contributed by atoms with Gasteiger partial charge in [0.05, 0.1) is 28.4 Å². The van der Waals surface area contributed by atoms with Gasteiger partial charge in [-0.15, -0.1) is 0 Å². The smallest absolute Gasteiger partial charge is 0.261 e. The number of hydrogen-bond acceptors (Lipinski definition) is 6. The molecule has 2 aliphatic heterocycles. The summed E-state index contributed by atoms with van der Waals surface area (Å²) in [4.78, 5) is 49.7. The highest BCUT2D eigenvalue weighted by molar-refractivity contribution is 6.21. The zero-order valence-corrected chi connectivity index (χ0v) is 21.9. The molecule has 40 heavy (non-hydrogen) atoms. The minimum atomic E-state index is -0.320. The van der Waals surface area contributed by atoms with Crippen molar-refractivity contribution >= 4 is 23.4 Å². The zero-order chi connectivity index (χ0) is 27.6. The number of anilines is 1. The molecule has 2 N–H and O–H groups in total. The fraction of sp³-hybridized carbons (Fsp3) is 0.188. The van der Waals surface area contributed by atoms with E-state index in [1.807, 2.05) is 36.4 Å². The Morgan fingerprint density at radius 3 is 1.98 bits per heavy atom. The summed E-state index contributed by atoms with van der Waals surface area (Å²) in [5, 5.41) is 0. The van der Waals surface area contributed by atoms with E-state index in [0.29, 0.717) is 42.0 Å². The lowest BCUT2D eigenvalue weighted by Gasteiger charge is -2.46. The zero-order valence-electron chi connectivity index (χ0n) is 21.9. The van der Waals surface area contributed by atoms with Gasteiger partial charge in [-0.3, -0.25) is 29.2 Å². The second-order valence-electron chi connectivity index (χ2n) is 10.1. The van der Waals surface area contributed by atoms with E-state index in [1.165, 1.54) is 17.3 Å². The van der Waals surface area contributed by atoms with Crippen LogP contribution in [0.1, 0.15) is 48.2 Å². The van der Waals surface area contributed by atoms with E-state index in [-0.39, 0.29) is 36.3 Å². The van der Waals surface area contributed by atoms with Crippen LogP contribution in [0.15, 0.2) is 103 Å². The maximum atomic E-state index is 13.5. The van der Waals surface area contributed by atoms with Gasteiger partial charge in [0.1, 0.15) is 0 Å². The van der Waals surface area contributed by atoms with Gasteiger partial charge >= 0.3 is 0 Å². The molecule has 0 saturated carbocycles. The maximum Gasteiger partial charge on any atom is 0.261 e. The first kappa shape index (κ1) is 25.5. The molecule has 1 aromatic heterocycles. The van der Waals surface area contributed by atoms with Gasteiger partial charge in [0.2, 0.25) is 0 Å². The minimum absolute atomic E-state index is 0.131. The molecule has 3 amide bonds. The van der Waals surface area contributed by atoms with Crippen molar-refractivity contribution in [3.63, 3.8) is 0 Å². The molecular weight excluding hydrogens is 502 g/mol. The Kier molecular flexibility index (Phi) is 6.84. The molecular formula is C32H29N5O3. The molecule has 0 bridgehead atoms. The van der Waals surface area contributed by atoms with Crippen molar-refractivity contribution in [2.24, 2.45) is 0 Å². The summed E-state index contributed by atoms with van der Waals surface area (Å²) in [7, 11) is 0. The fourth-order valence-corrected chi connectivity index (χ4v) is 5.78. The van der Waals surface area contributed by atoms with Crippen LogP contribution in [-0.4, -0.2) is 69.6 Å². The number of nitrogens with two attached hydrogens (primary N) is 1. The van der Waals surface area contributed by atoms with Crippen molar-refractivity contribution in [1.82, 2.24) is 19.7 Å². The van der Waals surface area contributed by atoms with Crippen molar-refractivity contribution < 1.29 is 14.4 Å². The SMILES string of the molecule is Nc1cncc(C(=O)N2CCN(C(c3ccccc3)c3ccccc3)C(CN3C(=O)c4ccccc4C3=O)C2)c1. The number of pyridine rings is 1. The molecule has 200 valence electrons. The lowest BCUT2D eigenvalue weighted by atomic mass is 9.94. The predicted molar refractivity (Wildman–Crippen MR) is 152 cm³/mol. The molecule has 1 atom stereocenters. The number of hydrogen-bond donors (Lipinski definition) is 1. The van der Waals surface area contributed by atoms with Crippen molar-refractivity contribution in [1.29, 1.82) is 0 Å². The molecule has 1 unspecified atom stereocenters. The second kappa shape index (κ2) is 10.7. The van der Waals surface area contributed by atoms with Crippen molar-refractivity contribution in [3.05, 3.63) is 131 Å². The topological polar surface area (TPSA) is 99.8 Å². The van der Waals surface area contributed by atoms with Gasteiger partial charge < -0.3 is 10.6 Å². The highest BCUT2D eigenvalue weighted by Gasteiger charge is 2.41. The number of benzene rings is 3. The van der Waals surface area contributed by atoms with E-state index in [1.54, 1.807) is 35.2 Å². The Morgan fingerprint density at radius 1 is 0.825 bits per heavy atom. The van der Waals surface area contributed by atoms with E-state index in [2.05, 4.69) is 34.1 Å². The number of amides is 3. The number of carbonyl (C=O) groups is 3. The Labute approximate surface area is 232 Å². The maximum absolute atomic E-state index is 13.5. The minimum Gasteiger partial charge on any atom is -0.397 e. The van der Waals surface area contributed by atoms with Crippen LogP contribution in [0, 0.1) is 0 Å². The standard InChI is InChI=1S/C32H29N5O3/c33-25-17-24(18-34-19-25)30(38)35-15-16-36(29(22-9-3-1-4-10-22)23-11-5-2-6-12-23)26(20-35)21-37-31(39)27-13-7-8-14-28(27)32(37)40/h1-14,17-19,26,29H,15-16,20-21,33H2. The lowest BCUT2D eigenvalue weighted by molar-refractivity contribution is 0.0261. The number of aromatic nitrogens is 1. The normalized spacial score (nSPS) is 17.4. The Bertz CT molecular complexity index is 1480. The van der Waals surface area contributed by atoms with Crippen LogP contribution < -0.4 is 5.73 Å². The van der Waals surface area contributed by atoms with Gasteiger partial charge in [-0.25, -0.2) is 0 Å². The molecule has 4 aromatic rings. The summed E-state index contributed by atoms with van der Waals surface area (Å²) >= 11 is 0. The molecule has 0 radical (unpaired) electrons. The van der Waals surface area contributed by atoms with Gasteiger partial charge in [-0.1, -0.05) is 72.8 Å². The van der Waals surface area contributed by atoms with Crippen molar-refractivity contribution in [2.45, 2.75) is 12.1 Å². The first-order valence-electron chi connectivity index (χ1n) is 13.3. The second-order valence-corrected chi connectivity index (χ2v) is 10.1. The predicted octanol–water partition coefficient (Wildman–Crippen LogP) is 3.88. The number of carbonyl (C=O) groups excluding carboxylic acids is 3.